The minimum absolute atomic E-state index is 0.000204. The smallest absolute Gasteiger partial charge is 0.338 e. The number of hydrogen-bond acceptors (Lipinski definition) is 7. The number of benzene rings is 2. The van der Waals surface area contributed by atoms with Gasteiger partial charge in [0.05, 0.1) is 22.8 Å². The zero-order chi connectivity index (χ0) is 28.9. The summed E-state index contributed by atoms with van der Waals surface area (Å²) >= 11 is 0. The molecule has 38 heavy (non-hydrogen) atoms. The summed E-state index contributed by atoms with van der Waals surface area (Å²) in [5.74, 6) is -1.77. The molecule has 8 nitrogen and oxygen atoms in total. The molecule has 208 valence electrons. The van der Waals surface area contributed by atoms with Gasteiger partial charge >= 0.3 is 6.18 Å². The highest BCUT2D eigenvalue weighted by atomic mass is 32.2. The van der Waals surface area contributed by atoms with Crippen LogP contribution in [0.5, 0.6) is 0 Å². The first kappa shape index (κ1) is 31.3. The lowest BCUT2D eigenvalue weighted by Crippen LogP contribution is -2.52. The van der Waals surface area contributed by atoms with Gasteiger partial charge in [-0.2, -0.15) is 18.4 Å². The van der Waals surface area contributed by atoms with Crippen molar-refractivity contribution in [1.82, 2.24) is 10.6 Å². The van der Waals surface area contributed by atoms with Crippen molar-refractivity contribution in [2.24, 2.45) is 5.92 Å². The molecule has 0 saturated carbocycles. The Labute approximate surface area is 221 Å². The molecule has 0 radical (unpaired) electrons. The SMILES string of the molecule is CC(C)C[C@H](N[C@@H](c1ccc(-c2ccc(S(C)(=O)=O)cc2)cc1)C(F)(F)F)C(=O)N[C@H](C#N)CS(C)(=O)=O. The van der Waals surface area contributed by atoms with E-state index in [9.17, 15) is 40.1 Å². The Bertz CT molecular complexity index is 1370. The van der Waals surface area contributed by atoms with Crippen molar-refractivity contribution in [3.8, 4) is 17.2 Å². The molecule has 13 heteroatoms. The highest BCUT2D eigenvalue weighted by molar-refractivity contribution is 7.91. The van der Waals surface area contributed by atoms with E-state index < -0.39 is 55.6 Å². The summed E-state index contributed by atoms with van der Waals surface area (Å²) in [6.07, 6.45) is -2.83. The van der Waals surface area contributed by atoms with Crippen molar-refractivity contribution >= 4 is 25.6 Å². The van der Waals surface area contributed by atoms with Crippen molar-refractivity contribution in [1.29, 1.82) is 5.26 Å². The maximum absolute atomic E-state index is 14.1. The van der Waals surface area contributed by atoms with Crippen LogP contribution in [0, 0.1) is 17.2 Å². The zero-order valence-corrected chi connectivity index (χ0v) is 22.9. The van der Waals surface area contributed by atoms with E-state index in [1.54, 1.807) is 32.0 Å². The molecule has 0 heterocycles. The topological polar surface area (TPSA) is 133 Å². The number of halogens is 3. The quantitative estimate of drug-likeness (QED) is 0.421. The normalized spacial score (nSPS) is 14.9. The second-order valence-electron chi connectivity index (χ2n) is 9.52. The third kappa shape index (κ3) is 9.41. The number of nitrogens with zero attached hydrogens (tertiary/aromatic N) is 1. The second kappa shape index (κ2) is 12.3. The van der Waals surface area contributed by atoms with Crippen LogP contribution in [0.1, 0.15) is 31.9 Å². The van der Waals surface area contributed by atoms with E-state index in [0.717, 1.165) is 12.5 Å². The highest BCUT2D eigenvalue weighted by Gasteiger charge is 2.43. The molecule has 2 rings (SSSR count). The standard InChI is InChI=1S/C25H30F3N3O5S2/c1-16(2)13-22(24(32)30-20(14-29)15-37(3,33)34)31-23(25(26,27)28)19-7-5-17(6-8-19)18-9-11-21(12-10-18)38(4,35)36/h5-12,16,20,22-23,31H,13,15H2,1-4H3,(H,30,32)/t20-,22+,23+/m1/s1. The summed E-state index contributed by atoms with van der Waals surface area (Å²) in [5.41, 5.74) is 0.998. The van der Waals surface area contributed by atoms with E-state index in [1.807, 2.05) is 0 Å². The molecule has 1 amide bonds. The Morgan fingerprint density at radius 2 is 1.45 bits per heavy atom. The average Bonchev–Trinajstić information content (AvgIpc) is 2.79. The Kier molecular flexibility index (Phi) is 10.1. The van der Waals surface area contributed by atoms with E-state index in [4.69, 9.17) is 0 Å². The summed E-state index contributed by atoms with van der Waals surface area (Å²) in [6, 6.07) is 8.01. The Hall–Kier alpha value is -2.95. The lowest BCUT2D eigenvalue weighted by atomic mass is 9.97. The monoisotopic (exact) mass is 573 g/mol. The minimum atomic E-state index is -4.78. The number of nitrogens with one attached hydrogen (secondary N) is 2. The lowest BCUT2D eigenvalue weighted by molar-refractivity contribution is -0.161. The van der Waals surface area contributed by atoms with Crippen molar-refractivity contribution < 1.29 is 34.8 Å². The van der Waals surface area contributed by atoms with Gasteiger partial charge in [0.1, 0.15) is 12.1 Å². The molecular weight excluding hydrogens is 543 g/mol. The van der Waals surface area contributed by atoms with E-state index in [0.29, 0.717) is 11.1 Å². The van der Waals surface area contributed by atoms with Gasteiger partial charge in [-0.25, -0.2) is 16.8 Å². The van der Waals surface area contributed by atoms with Gasteiger partial charge in [0, 0.05) is 12.5 Å². The largest absolute Gasteiger partial charge is 0.407 e. The van der Waals surface area contributed by atoms with Gasteiger partial charge in [-0.3, -0.25) is 10.1 Å². The molecule has 0 aromatic heterocycles. The molecular formula is C25H30F3N3O5S2. The highest BCUT2D eigenvalue weighted by Crippen LogP contribution is 2.34. The van der Waals surface area contributed by atoms with Gasteiger partial charge in [-0.15, -0.1) is 0 Å². The third-order valence-electron chi connectivity index (χ3n) is 5.52. The first-order chi connectivity index (χ1) is 17.4. The van der Waals surface area contributed by atoms with Crippen molar-refractivity contribution in [2.75, 3.05) is 18.3 Å². The van der Waals surface area contributed by atoms with Crippen LogP contribution < -0.4 is 10.6 Å². The molecule has 2 N–H and O–H groups in total. The lowest BCUT2D eigenvalue weighted by Gasteiger charge is -2.29. The molecule has 3 atom stereocenters. The summed E-state index contributed by atoms with van der Waals surface area (Å²) < 4.78 is 88.7. The molecule has 0 saturated heterocycles. The van der Waals surface area contributed by atoms with Crippen LogP contribution in [0.4, 0.5) is 13.2 Å². The number of sulfone groups is 2. The second-order valence-corrected chi connectivity index (χ2v) is 13.7. The van der Waals surface area contributed by atoms with Crippen LogP contribution in [0.25, 0.3) is 11.1 Å². The van der Waals surface area contributed by atoms with Crippen molar-refractivity contribution in [3.63, 3.8) is 0 Å². The molecule has 0 aliphatic rings. The number of amides is 1. The number of rotatable bonds is 11. The molecule has 0 fully saturated rings. The molecule has 0 spiro atoms. The Balaban J connectivity index is 2.33. The van der Waals surface area contributed by atoms with Gasteiger partial charge in [0.25, 0.3) is 0 Å². The number of nitriles is 1. The van der Waals surface area contributed by atoms with Crippen LogP contribution in [0.3, 0.4) is 0 Å². The fraction of sp³-hybridized carbons (Fsp3) is 0.440. The maximum Gasteiger partial charge on any atom is 0.407 e. The zero-order valence-electron chi connectivity index (χ0n) is 21.3. The van der Waals surface area contributed by atoms with Crippen molar-refractivity contribution in [3.05, 3.63) is 54.1 Å². The number of alkyl halides is 3. The van der Waals surface area contributed by atoms with E-state index in [1.165, 1.54) is 36.4 Å². The summed E-state index contributed by atoms with van der Waals surface area (Å²) in [4.78, 5) is 12.9. The number of hydrogen-bond donors (Lipinski definition) is 2. The van der Waals surface area contributed by atoms with Gasteiger partial charge in [0.15, 0.2) is 19.7 Å². The van der Waals surface area contributed by atoms with E-state index in [2.05, 4.69) is 10.6 Å². The van der Waals surface area contributed by atoms with Gasteiger partial charge < -0.3 is 5.32 Å². The fourth-order valence-corrected chi connectivity index (χ4v) is 5.15. The van der Waals surface area contributed by atoms with E-state index >= 15 is 0 Å². The van der Waals surface area contributed by atoms with Gasteiger partial charge in [-0.1, -0.05) is 50.2 Å². The third-order valence-corrected chi connectivity index (χ3v) is 7.59. The number of carbonyl (C=O) groups excluding carboxylic acids is 1. The molecule has 2 aromatic rings. The molecule has 2 aromatic carbocycles. The fourth-order valence-electron chi connectivity index (χ4n) is 3.75. The van der Waals surface area contributed by atoms with Crippen LogP contribution in [0.2, 0.25) is 0 Å². The minimum Gasteiger partial charge on any atom is -0.338 e. The van der Waals surface area contributed by atoms with Crippen LogP contribution in [-0.2, 0) is 24.5 Å². The van der Waals surface area contributed by atoms with Gasteiger partial charge in [0.2, 0.25) is 5.91 Å². The van der Waals surface area contributed by atoms with Gasteiger partial charge in [-0.05, 0) is 41.2 Å². The first-order valence-corrected chi connectivity index (χ1v) is 15.5. The summed E-state index contributed by atoms with van der Waals surface area (Å²) in [6.45, 7) is 3.43. The Morgan fingerprint density at radius 1 is 0.947 bits per heavy atom. The van der Waals surface area contributed by atoms with E-state index in [-0.39, 0.29) is 22.8 Å². The Morgan fingerprint density at radius 3 is 1.84 bits per heavy atom. The predicted octanol–water partition coefficient (Wildman–Crippen LogP) is 3.42. The van der Waals surface area contributed by atoms with Crippen LogP contribution in [-0.4, -0.2) is 59.3 Å². The summed E-state index contributed by atoms with van der Waals surface area (Å²) in [5, 5.41) is 13.8. The van der Waals surface area contributed by atoms with Crippen LogP contribution >= 0.6 is 0 Å². The first-order valence-electron chi connectivity index (χ1n) is 11.5. The average molecular weight is 574 g/mol. The molecule has 0 aliphatic carbocycles. The predicted molar refractivity (Wildman–Crippen MR) is 137 cm³/mol. The van der Waals surface area contributed by atoms with Crippen molar-refractivity contribution in [2.45, 2.75) is 49.5 Å². The summed E-state index contributed by atoms with van der Waals surface area (Å²) in [7, 11) is -7.02. The van der Waals surface area contributed by atoms with Crippen LogP contribution in [0.15, 0.2) is 53.4 Å². The maximum atomic E-state index is 14.1. The molecule has 0 unspecified atom stereocenters. The number of carbonyl (C=O) groups is 1. The molecule has 0 bridgehead atoms. The molecule has 0 aliphatic heterocycles.